The number of carbonyl (C=O) groups is 1. The molecular formula is C14H18FNO3. The van der Waals surface area contributed by atoms with Crippen LogP contribution in [0.4, 0.5) is 10.1 Å². The van der Waals surface area contributed by atoms with Gasteiger partial charge < -0.3 is 14.8 Å². The monoisotopic (exact) mass is 267 g/mol. The van der Waals surface area contributed by atoms with Crippen LogP contribution in [0, 0.1) is 11.7 Å². The van der Waals surface area contributed by atoms with E-state index in [0.717, 1.165) is 26.1 Å². The summed E-state index contributed by atoms with van der Waals surface area (Å²) in [6.45, 7) is 2.23. The molecule has 2 rings (SSSR count). The number of benzene rings is 1. The minimum atomic E-state index is -0.463. The average Bonchev–Trinajstić information content (AvgIpc) is 2.45. The van der Waals surface area contributed by atoms with E-state index in [1.807, 2.05) is 0 Å². The maximum Gasteiger partial charge on any atom is 0.339 e. The SMILES string of the molecule is COC(=O)c1ccc(F)cc1NCC1CCOCC1. The van der Waals surface area contributed by atoms with Gasteiger partial charge in [-0.3, -0.25) is 0 Å². The Balaban J connectivity index is 2.05. The third-order valence-electron chi connectivity index (χ3n) is 3.31. The van der Waals surface area contributed by atoms with Crippen LogP contribution in [0.25, 0.3) is 0 Å². The van der Waals surface area contributed by atoms with Gasteiger partial charge in [-0.25, -0.2) is 9.18 Å². The lowest BCUT2D eigenvalue weighted by Gasteiger charge is -2.23. The van der Waals surface area contributed by atoms with E-state index in [4.69, 9.17) is 4.74 Å². The molecule has 0 bridgehead atoms. The van der Waals surface area contributed by atoms with Gasteiger partial charge in [0.1, 0.15) is 5.82 Å². The molecule has 1 aliphatic rings. The zero-order valence-electron chi connectivity index (χ0n) is 10.9. The Morgan fingerprint density at radius 2 is 2.21 bits per heavy atom. The van der Waals surface area contributed by atoms with E-state index < -0.39 is 5.97 Å². The molecule has 1 aromatic carbocycles. The highest BCUT2D eigenvalue weighted by molar-refractivity contribution is 5.95. The second-order valence-electron chi connectivity index (χ2n) is 4.62. The molecule has 1 aromatic rings. The highest BCUT2D eigenvalue weighted by atomic mass is 19.1. The van der Waals surface area contributed by atoms with Crippen molar-refractivity contribution in [3.63, 3.8) is 0 Å². The molecule has 1 saturated heterocycles. The van der Waals surface area contributed by atoms with Gasteiger partial charge in [-0.1, -0.05) is 0 Å². The van der Waals surface area contributed by atoms with E-state index in [9.17, 15) is 9.18 Å². The van der Waals surface area contributed by atoms with Gasteiger partial charge in [-0.15, -0.1) is 0 Å². The molecule has 104 valence electrons. The van der Waals surface area contributed by atoms with Crippen LogP contribution in [0.15, 0.2) is 18.2 Å². The number of halogens is 1. The van der Waals surface area contributed by atoms with E-state index in [1.165, 1.54) is 25.3 Å². The summed E-state index contributed by atoms with van der Waals surface area (Å²) in [5, 5.41) is 3.14. The van der Waals surface area contributed by atoms with Crippen molar-refractivity contribution in [2.75, 3.05) is 32.2 Å². The Bertz CT molecular complexity index is 444. The van der Waals surface area contributed by atoms with Gasteiger partial charge in [0.2, 0.25) is 0 Å². The first kappa shape index (κ1) is 13.8. The van der Waals surface area contributed by atoms with Gasteiger partial charge in [0, 0.05) is 19.8 Å². The molecule has 4 nitrogen and oxygen atoms in total. The lowest BCUT2D eigenvalue weighted by atomic mass is 10.00. The number of hydrogen-bond donors (Lipinski definition) is 1. The minimum Gasteiger partial charge on any atom is -0.465 e. The van der Waals surface area contributed by atoms with Gasteiger partial charge in [0.15, 0.2) is 0 Å². The lowest BCUT2D eigenvalue weighted by molar-refractivity contribution is 0.0601. The predicted octanol–water partition coefficient (Wildman–Crippen LogP) is 2.45. The fourth-order valence-corrected chi connectivity index (χ4v) is 2.16. The van der Waals surface area contributed by atoms with Gasteiger partial charge >= 0.3 is 5.97 Å². The predicted molar refractivity (Wildman–Crippen MR) is 69.8 cm³/mol. The molecular weight excluding hydrogens is 249 g/mol. The maximum atomic E-state index is 13.3. The van der Waals surface area contributed by atoms with Crippen LogP contribution in [-0.2, 0) is 9.47 Å². The Morgan fingerprint density at radius 3 is 2.89 bits per heavy atom. The fourth-order valence-electron chi connectivity index (χ4n) is 2.16. The average molecular weight is 267 g/mol. The van der Waals surface area contributed by atoms with Crippen LogP contribution in [0.3, 0.4) is 0 Å². The molecule has 0 radical (unpaired) electrons. The smallest absolute Gasteiger partial charge is 0.339 e. The number of ether oxygens (including phenoxy) is 2. The Hall–Kier alpha value is -1.62. The van der Waals surface area contributed by atoms with Crippen molar-refractivity contribution in [1.82, 2.24) is 0 Å². The standard InChI is InChI=1S/C14H18FNO3/c1-18-14(17)12-3-2-11(15)8-13(12)16-9-10-4-6-19-7-5-10/h2-3,8,10,16H,4-7,9H2,1H3. The highest BCUT2D eigenvalue weighted by Gasteiger charge is 2.16. The van der Waals surface area contributed by atoms with Crippen molar-refractivity contribution in [3.8, 4) is 0 Å². The van der Waals surface area contributed by atoms with E-state index in [2.05, 4.69) is 10.1 Å². The van der Waals surface area contributed by atoms with Crippen LogP contribution in [0.1, 0.15) is 23.2 Å². The second kappa shape index (κ2) is 6.52. The minimum absolute atomic E-state index is 0.357. The molecule has 1 aliphatic heterocycles. The fraction of sp³-hybridized carbons (Fsp3) is 0.500. The van der Waals surface area contributed by atoms with Gasteiger partial charge in [0.25, 0.3) is 0 Å². The Morgan fingerprint density at radius 1 is 1.47 bits per heavy atom. The number of rotatable bonds is 4. The van der Waals surface area contributed by atoms with E-state index in [0.29, 0.717) is 23.7 Å². The first-order valence-electron chi connectivity index (χ1n) is 6.40. The number of methoxy groups -OCH3 is 1. The Labute approximate surface area is 111 Å². The topological polar surface area (TPSA) is 47.6 Å². The lowest BCUT2D eigenvalue weighted by Crippen LogP contribution is -2.23. The maximum absolute atomic E-state index is 13.3. The van der Waals surface area contributed by atoms with Crippen molar-refractivity contribution >= 4 is 11.7 Å². The van der Waals surface area contributed by atoms with E-state index >= 15 is 0 Å². The van der Waals surface area contributed by atoms with Crippen molar-refractivity contribution < 1.29 is 18.7 Å². The normalized spacial score (nSPS) is 16.1. The summed E-state index contributed by atoms with van der Waals surface area (Å²) in [4.78, 5) is 11.6. The molecule has 0 aliphatic carbocycles. The summed E-state index contributed by atoms with van der Waals surface area (Å²) >= 11 is 0. The van der Waals surface area contributed by atoms with Crippen LogP contribution in [-0.4, -0.2) is 32.8 Å². The summed E-state index contributed by atoms with van der Waals surface area (Å²) < 4.78 is 23.2. The van der Waals surface area contributed by atoms with E-state index in [1.54, 1.807) is 0 Å². The van der Waals surface area contributed by atoms with Crippen molar-refractivity contribution in [1.29, 1.82) is 0 Å². The summed E-state index contributed by atoms with van der Waals surface area (Å²) in [6, 6.07) is 4.02. The number of hydrogen-bond acceptors (Lipinski definition) is 4. The molecule has 0 aromatic heterocycles. The summed E-state index contributed by atoms with van der Waals surface area (Å²) in [5.74, 6) is -0.348. The number of carbonyl (C=O) groups excluding carboxylic acids is 1. The summed E-state index contributed by atoms with van der Waals surface area (Å²) in [6.07, 6.45) is 1.96. The van der Waals surface area contributed by atoms with E-state index in [-0.39, 0.29) is 5.82 Å². The quantitative estimate of drug-likeness (QED) is 0.851. The second-order valence-corrected chi connectivity index (χ2v) is 4.62. The zero-order chi connectivity index (χ0) is 13.7. The molecule has 0 spiro atoms. The molecule has 0 atom stereocenters. The number of nitrogens with one attached hydrogen (secondary N) is 1. The summed E-state index contributed by atoms with van der Waals surface area (Å²) in [5.41, 5.74) is 0.842. The van der Waals surface area contributed by atoms with Crippen LogP contribution < -0.4 is 5.32 Å². The third-order valence-corrected chi connectivity index (χ3v) is 3.31. The summed E-state index contributed by atoms with van der Waals surface area (Å²) in [7, 11) is 1.31. The molecule has 0 unspecified atom stereocenters. The Kier molecular flexibility index (Phi) is 4.74. The molecule has 5 heteroatoms. The number of anilines is 1. The first-order chi connectivity index (χ1) is 9.20. The molecule has 19 heavy (non-hydrogen) atoms. The van der Waals surface area contributed by atoms with Gasteiger partial charge in [-0.2, -0.15) is 0 Å². The number of esters is 1. The van der Waals surface area contributed by atoms with Crippen LogP contribution in [0.5, 0.6) is 0 Å². The van der Waals surface area contributed by atoms with Gasteiger partial charge in [-0.05, 0) is 37.0 Å². The van der Waals surface area contributed by atoms with Crippen molar-refractivity contribution in [2.45, 2.75) is 12.8 Å². The third kappa shape index (κ3) is 3.67. The van der Waals surface area contributed by atoms with Crippen LogP contribution in [0.2, 0.25) is 0 Å². The first-order valence-corrected chi connectivity index (χ1v) is 6.40. The molecule has 1 fully saturated rings. The molecule has 0 saturated carbocycles. The van der Waals surface area contributed by atoms with Gasteiger partial charge in [0.05, 0.1) is 18.4 Å². The van der Waals surface area contributed by atoms with Crippen LogP contribution >= 0.6 is 0 Å². The molecule has 1 N–H and O–H groups in total. The molecule has 1 heterocycles. The molecule has 0 amide bonds. The highest BCUT2D eigenvalue weighted by Crippen LogP contribution is 2.21. The van der Waals surface area contributed by atoms with Crippen molar-refractivity contribution in [2.24, 2.45) is 5.92 Å². The zero-order valence-corrected chi connectivity index (χ0v) is 10.9. The largest absolute Gasteiger partial charge is 0.465 e. The van der Waals surface area contributed by atoms with Crippen molar-refractivity contribution in [3.05, 3.63) is 29.6 Å².